The van der Waals surface area contributed by atoms with E-state index in [4.69, 9.17) is 9.26 Å². The zero-order valence-corrected chi connectivity index (χ0v) is 15.1. The Labute approximate surface area is 148 Å². The summed E-state index contributed by atoms with van der Waals surface area (Å²) in [4.78, 5) is 23.7. The van der Waals surface area contributed by atoms with Gasteiger partial charge in [-0.3, -0.25) is 4.79 Å². The van der Waals surface area contributed by atoms with Gasteiger partial charge in [-0.25, -0.2) is 4.79 Å². The zero-order chi connectivity index (χ0) is 17.7. The highest BCUT2D eigenvalue weighted by molar-refractivity contribution is 9.10. The molecule has 0 aliphatic carbocycles. The number of anilines is 1. The molecule has 0 unspecified atom stereocenters. The maximum atomic E-state index is 11.9. The standard InChI is InChI=1S/C17H17BrN2O4/c1-10-4-5-13(14(18)8-10)6-7-16(21)23-12(3)17(22)19-15-9-11(2)24-20-15/h4-9,12H,1-3H3,(H,19,20,22)/b7-6+/t12-/m0/s1. The highest BCUT2D eigenvalue weighted by atomic mass is 79.9. The van der Waals surface area contributed by atoms with Crippen molar-refractivity contribution in [1.29, 1.82) is 0 Å². The minimum absolute atomic E-state index is 0.277. The van der Waals surface area contributed by atoms with Crippen molar-refractivity contribution in [3.05, 3.63) is 51.7 Å². The van der Waals surface area contributed by atoms with Crippen molar-refractivity contribution in [2.45, 2.75) is 26.9 Å². The molecule has 1 aromatic heterocycles. The summed E-state index contributed by atoms with van der Waals surface area (Å²) in [5, 5.41) is 6.15. The summed E-state index contributed by atoms with van der Waals surface area (Å²) >= 11 is 3.43. The quantitative estimate of drug-likeness (QED) is 0.620. The number of benzene rings is 1. The number of carbonyl (C=O) groups excluding carboxylic acids is 2. The number of hydrogen-bond acceptors (Lipinski definition) is 5. The molecule has 0 radical (unpaired) electrons. The summed E-state index contributed by atoms with van der Waals surface area (Å²) in [5.41, 5.74) is 1.95. The molecule has 2 aromatic rings. The van der Waals surface area contributed by atoms with Crippen LogP contribution in [0.3, 0.4) is 0 Å². The molecule has 1 heterocycles. The van der Waals surface area contributed by atoms with Gasteiger partial charge in [-0.05, 0) is 44.0 Å². The van der Waals surface area contributed by atoms with Crippen LogP contribution in [0.5, 0.6) is 0 Å². The first kappa shape index (κ1) is 17.9. The van der Waals surface area contributed by atoms with Gasteiger partial charge in [-0.2, -0.15) is 0 Å². The van der Waals surface area contributed by atoms with E-state index in [1.807, 2.05) is 25.1 Å². The summed E-state index contributed by atoms with van der Waals surface area (Å²) in [6, 6.07) is 7.33. The first-order chi connectivity index (χ1) is 11.3. The molecule has 0 aliphatic rings. The third kappa shape index (κ3) is 5.06. The average molecular weight is 393 g/mol. The summed E-state index contributed by atoms with van der Waals surface area (Å²) < 4.78 is 10.8. The van der Waals surface area contributed by atoms with E-state index >= 15 is 0 Å². The number of nitrogens with one attached hydrogen (secondary N) is 1. The SMILES string of the molecule is Cc1ccc(/C=C/C(=O)O[C@@H](C)C(=O)Nc2cc(C)on2)c(Br)c1. The number of aromatic nitrogens is 1. The second kappa shape index (κ2) is 7.92. The van der Waals surface area contributed by atoms with E-state index in [1.54, 1.807) is 19.1 Å². The second-order valence-corrected chi connectivity index (χ2v) is 6.10. The molecule has 1 N–H and O–H groups in total. The van der Waals surface area contributed by atoms with Crippen LogP contribution in [0.25, 0.3) is 6.08 Å². The molecule has 7 heteroatoms. The molecule has 1 atom stereocenters. The Bertz CT molecular complexity index is 783. The van der Waals surface area contributed by atoms with Gasteiger partial charge in [0.05, 0.1) is 0 Å². The lowest BCUT2D eigenvalue weighted by molar-refractivity contribution is -0.148. The number of rotatable bonds is 5. The Morgan fingerprint density at radius 3 is 2.71 bits per heavy atom. The fourth-order valence-electron chi connectivity index (χ4n) is 1.85. The number of aryl methyl sites for hydroxylation is 2. The van der Waals surface area contributed by atoms with E-state index in [1.165, 1.54) is 13.0 Å². The molecular formula is C17H17BrN2O4. The Morgan fingerprint density at radius 2 is 2.08 bits per heavy atom. The van der Waals surface area contributed by atoms with E-state index in [0.29, 0.717) is 5.76 Å². The minimum Gasteiger partial charge on any atom is -0.449 e. The van der Waals surface area contributed by atoms with Gasteiger partial charge >= 0.3 is 5.97 Å². The minimum atomic E-state index is -0.958. The van der Waals surface area contributed by atoms with E-state index in [0.717, 1.165) is 15.6 Å². The van der Waals surface area contributed by atoms with Crippen LogP contribution in [-0.4, -0.2) is 23.1 Å². The highest BCUT2D eigenvalue weighted by Crippen LogP contribution is 2.19. The van der Waals surface area contributed by atoms with Gasteiger partial charge < -0.3 is 14.6 Å². The topological polar surface area (TPSA) is 81.4 Å². The monoisotopic (exact) mass is 392 g/mol. The predicted molar refractivity (Wildman–Crippen MR) is 93.3 cm³/mol. The Hall–Kier alpha value is -2.41. The van der Waals surface area contributed by atoms with Gasteiger partial charge in [0.2, 0.25) is 0 Å². The van der Waals surface area contributed by atoms with E-state index < -0.39 is 18.0 Å². The first-order valence-electron chi connectivity index (χ1n) is 7.24. The Kier molecular flexibility index (Phi) is 5.92. The molecule has 0 saturated carbocycles. The third-order valence-corrected chi connectivity index (χ3v) is 3.78. The largest absolute Gasteiger partial charge is 0.449 e. The van der Waals surface area contributed by atoms with Gasteiger partial charge in [0.25, 0.3) is 5.91 Å². The summed E-state index contributed by atoms with van der Waals surface area (Å²) in [5.74, 6) is -0.246. The maximum Gasteiger partial charge on any atom is 0.331 e. The van der Waals surface area contributed by atoms with E-state index in [2.05, 4.69) is 26.4 Å². The van der Waals surface area contributed by atoms with Crippen LogP contribution < -0.4 is 5.32 Å². The first-order valence-corrected chi connectivity index (χ1v) is 8.03. The molecule has 126 valence electrons. The van der Waals surface area contributed by atoms with Crippen LogP contribution in [0.2, 0.25) is 0 Å². The maximum absolute atomic E-state index is 11.9. The van der Waals surface area contributed by atoms with Crippen LogP contribution in [0, 0.1) is 13.8 Å². The molecule has 0 saturated heterocycles. The third-order valence-electron chi connectivity index (χ3n) is 3.10. The fraction of sp³-hybridized carbons (Fsp3) is 0.235. The number of carbonyl (C=O) groups is 2. The Morgan fingerprint density at radius 1 is 1.33 bits per heavy atom. The van der Waals surface area contributed by atoms with Crippen molar-refractivity contribution in [3.8, 4) is 0 Å². The summed E-state index contributed by atoms with van der Waals surface area (Å²) in [6.45, 7) is 5.17. The molecule has 6 nitrogen and oxygen atoms in total. The molecule has 1 aromatic carbocycles. The second-order valence-electron chi connectivity index (χ2n) is 5.25. The van der Waals surface area contributed by atoms with Crippen molar-refractivity contribution in [2.24, 2.45) is 0 Å². The van der Waals surface area contributed by atoms with Crippen LogP contribution in [-0.2, 0) is 14.3 Å². The van der Waals surface area contributed by atoms with Crippen LogP contribution >= 0.6 is 15.9 Å². The van der Waals surface area contributed by atoms with Crippen molar-refractivity contribution >= 4 is 39.7 Å². The average Bonchev–Trinajstić information content (AvgIpc) is 2.91. The lowest BCUT2D eigenvalue weighted by atomic mass is 10.1. The lowest BCUT2D eigenvalue weighted by Gasteiger charge is -2.10. The van der Waals surface area contributed by atoms with Crippen molar-refractivity contribution in [3.63, 3.8) is 0 Å². The van der Waals surface area contributed by atoms with Crippen molar-refractivity contribution in [2.75, 3.05) is 5.32 Å². The summed E-state index contributed by atoms with van der Waals surface area (Å²) in [7, 11) is 0. The van der Waals surface area contributed by atoms with Gasteiger partial charge in [-0.15, -0.1) is 0 Å². The van der Waals surface area contributed by atoms with Crippen LogP contribution in [0.15, 0.2) is 39.3 Å². The van der Waals surface area contributed by atoms with E-state index in [-0.39, 0.29) is 5.82 Å². The molecule has 1 amide bonds. The number of hydrogen-bond donors (Lipinski definition) is 1. The molecule has 0 spiro atoms. The van der Waals surface area contributed by atoms with Crippen LogP contribution in [0.4, 0.5) is 5.82 Å². The van der Waals surface area contributed by atoms with E-state index in [9.17, 15) is 9.59 Å². The van der Waals surface area contributed by atoms with Crippen LogP contribution in [0.1, 0.15) is 23.8 Å². The van der Waals surface area contributed by atoms with Gasteiger partial charge in [0.15, 0.2) is 11.9 Å². The summed E-state index contributed by atoms with van der Waals surface area (Å²) in [6.07, 6.45) is 1.94. The number of esters is 1. The zero-order valence-electron chi connectivity index (χ0n) is 13.5. The molecule has 0 fully saturated rings. The normalized spacial score (nSPS) is 12.2. The van der Waals surface area contributed by atoms with Gasteiger partial charge in [-0.1, -0.05) is 33.2 Å². The smallest absolute Gasteiger partial charge is 0.331 e. The number of ether oxygens (including phenoxy) is 1. The van der Waals surface area contributed by atoms with Crippen molar-refractivity contribution < 1.29 is 18.8 Å². The van der Waals surface area contributed by atoms with Gasteiger partial charge in [0, 0.05) is 16.6 Å². The molecule has 2 rings (SSSR count). The predicted octanol–water partition coefficient (Wildman–Crippen LogP) is 3.64. The molecule has 0 bridgehead atoms. The number of amides is 1. The van der Waals surface area contributed by atoms with Gasteiger partial charge in [0.1, 0.15) is 5.76 Å². The van der Waals surface area contributed by atoms with Crippen molar-refractivity contribution in [1.82, 2.24) is 5.16 Å². The molecule has 24 heavy (non-hydrogen) atoms. The number of nitrogens with zero attached hydrogens (tertiary/aromatic N) is 1. The lowest BCUT2D eigenvalue weighted by Crippen LogP contribution is -2.29. The highest BCUT2D eigenvalue weighted by Gasteiger charge is 2.18. The fourth-order valence-corrected chi connectivity index (χ4v) is 2.47. The molecular weight excluding hydrogens is 376 g/mol. The molecule has 0 aliphatic heterocycles. The Balaban J connectivity index is 1.91. The number of halogens is 1.